The molecule has 0 radical (unpaired) electrons. The molecule has 0 saturated carbocycles. The van der Waals surface area contributed by atoms with E-state index in [1.54, 1.807) is 6.92 Å². The first-order valence-electron chi connectivity index (χ1n) is 8.73. The maximum atomic E-state index is 13.4. The molecule has 11 heteroatoms. The quantitative estimate of drug-likeness (QED) is 0.350. The maximum Gasteiger partial charge on any atom is 0.338 e. The molecule has 2 aromatic rings. The Labute approximate surface area is 173 Å². The SMILES string of the molecule is CCOC(=O)c1cccc(N(CC(=O)OC)S(=O)(=O)c2cc([N+](=O)[O-])ccc2C)c1. The third-order valence-electron chi connectivity index (χ3n) is 4.10. The average Bonchev–Trinajstić information content (AvgIpc) is 2.71. The summed E-state index contributed by atoms with van der Waals surface area (Å²) in [7, 11) is -3.33. The lowest BCUT2D eigenvalue weighted by atomic mass is 10.2. The fraction of sp³-hybridized carbons (Fsp3) is 0.263. The molecule has 0 N–H and O–H groups in total. The number of esters is 2. The lowest BCUT2D eigenvalue weighted by Crippen LogP contribution is -2.36. The van der Waals surface area contributed by atoms with Crippen molar-refractivity contribution < 1.29 is 32.4 Å². The number of nitro benzene ring substituents is 1. The van der Waals surface area contributed by atoms with Gasteiger partial charge in [-0.3, -0.25) is 19.2 Å². The number of carbonyl (C=O) groups excluding carboxylic acids is 2. The van der Waals surface area contributed by atoms with Crippen LogP contribution < -0.4 is 4.31 Å². The Morgan fingerprint density at radius 2 is 1.87 bits per heavy atom. The van der Waals surface area contributed by atoms with Crippen LogP contribution in [0.3, 0.4) is 0 Å². The van der Waals surface area contributed by atoms with E-state index < -0.39 is 39.1 Å². The van der Waals surface area contributed by atoms with Gasteiger partial charge in [0.05, 0.1) is 34.8 Å². The summed E-state index contributed by atoms with van der Waals surface area (Å²) in [4.78, 5) is 34.0. The second kappa shape index (κ2) is 9.35. The Morgan fingerprint density at radius 1 is 1.17 bits per heavy atom. The topological polar surface area (TPSA) is 133 Å². The van der Waals surface area contributed by atoms with E-state index in [1.807, 2.05) is 0 Å². The smallest absolute Gasteiger partial charge is 0.338 e. The Hall–Kier alpha value is -3.47. The molecular formula is C19H20N2O8S. The summed E-state index contributed by atoms with van der Waals surface area (Å²) >= 11 is 0. The normalized spacial score (nSPS) is 10.9. The Kier molecular flexibility index (Phi) is 7.11. The van der Waals surface area contributed by atoms with Crippen molar-refractivity contribution in [2.75, 3.05) is 24.6 Å². The van der Waals surface area contributed by atoms with Crippen molar-refractivity contribution in [1.29, 1.82) is 0 Å². The third kappa shape index (κ3) is 4.92. The molecule has 0 aliphatic heterocycles. The Morgan fingerprint density at radius 3 is 2.47 bits per heavy atom. The van der Waals surface area contributed by atoms with Gasteiger partial charge in [-0.2, -0.15) is 0 Å². The van der Waals surface area contributed by atoms with E-state index in [-0.39, 0.29) is 28.3 Å². The summed E-state index contributed by atoms with van der Waals surface area (Å²) in [6.45, 7) is 2.52. The fourth-order valence-electron chi connectivity index (χ4n) is 2.60. The van der Waals surface area contributed by atoms with Gasteiger partial charge in [-0.05, 0) is 37.6 Å². The van der Waals surface area contributed by atoms with Gasteiger partial charge in [-0.1, -0.05) is 12.1 Å². The third-order valence-corrected chi connectivity index (χ3v) is 6.01. The molecule has 0 aliphatic rings. The number of aryl methyl sites for hydroxylation is 1. The first kappa shape index (κ1) is 22.8. The molecule has 0 aromatic heterocycles. The van der Waals surface area contributed by atoms with Crippen LogP contribution in [-0.4, -0.2) is 45.5 Å². The number of ether oxygens (including phenoxy) is 2. The molecule has 0 heterocycles. The highest BCUT2D eigenvalue weighted by molar-refractivity contribution is 7.93. The van der Waals surface area contributed by atoms with E-state index in [4.69, 9.17) is 4.74 Å². The second-order valence-electron chi connectivity index (χ2n) is 6.07. The van der Waals surface area contributed by atoms with Gasteiger partial charge in [-0.15, -0.1) is 0 Å². The first-order chi connectivity index (χ1) is 14.1. The number of hydrogen-bond donors (Lipinski definition) is 0. The van der Waals surface area contributed by atoms with Crippen molar-refractivity contribution in [3.63, 3.8) is 0 Å². The van der Waals surface area contributed by atoms with Crippen molar-refractivity contribution in [3.8, 4) is 0 Å². The van der Waals surface area contributed by atoms with Gasteiger partial charge in [0.2, 0.25) is 0 Å². The van der Waals surface area contributed by atoms with Crippen LogP contribution in [0, 0.1) is 17.0 Å². The summed E-state index contributed by atoms with van der Waals surface area (Å²) in [5, 5.41) is 11.1. The van der Waals surface area contributed by atoms with E-state index in [9.17, 15) is 28.1 Å². The predicted molar refractivity (Wildman–Crippen MR) is 107 cm³/mol. The monoisotopic (exact) mass is 436 g/mol. The molecule has 0 atom stereocenters. The first-order valence-corrected chi connectivity index (χ1v) is 10.2. The van der Waals surface area contributed by atoms with Gasteiger partial charge in [0.1, 0.15) is 6.54 Å². The summed E-state index contributed by atoms with van der Waals surface area (Å²) in [6.07, 6.45) is 0. The number of rotatable bonds is 8. The van der Waals surface area contributed by atoms with Gasteiger partial charge in [0, 0.05) is 12.1 Å². The highest BCUT2D eigenvalue weighted by Crippen LogP contribution is 2.29. The molecule has 0 fully saturated rings. The van der Waals surface area contributed by atoms with E-state index in [0.717, 1.165) is 17.5 Å². The van der Waals surface area contributed by atoms with Crippen molar-refractivity contribution >= 4 is 33.3 Å². The van der Waals surface area contributed by atoms with Crippen LogP contribution in [0.15, 0.2) is 47.4 Å². The minimum absolute atomic E-state index is 0.00291. The number of benzene rings is 2. The zero-order chi connectivity index (χ0) is 22.5. The molecule has 0 spiro atoms. The number of non-ortho nitro benzene ring substituents is 1. The average molecular weight is 436 g/mol. The second-order valence-corrected chi connectivity index (χ2v) is 7.90. The van der Waals surface area contributed by atoms with Gasteiger partial charge >= 0.3 is 11.9 Å². The van der Waals surface area contributed by atoms with E-state index in [0.29, 0.717) is 0 Å². The highest BCUT2D eigenvalue weighted by Gasteiger charge is 2.31. The molecular weight excluding hydrogens is 416 g/mol. The number of hydrogen-bond acceptors (Lipinski definition) is 8. The van der Waals surface area contributed by atoms with Gasteiger partial charge in [0.25, 0.3) is 15.7 Å². The van der Waals surface area contributed by atoms with Gasteiger partial charge < -0.3 is 9.47 Å². The van der Waals surface area contributed by atoms with Crippen molar-refractivity contribution in [2.45, 2.75) is 18.7 Å². The van der Waals surface area contributed by atoms with Crippen LogP contribution in [0.5, 0.6) is 0 Å². The minimum Gasteiger partial charge on any atom is -0.468 e. The van der Waals surface area contributed by atoms with E-state index >= 15 is 0 Å². The summed E-state index contributed by atoms with van der Waals surface area (Å²) in [5.41, 5.74) is -0.0958. The maximum absolute atomic E-state index is 13.4. The fourth-order valence-corrected chi connectivity index (χ4v) is 4.25. The molecule has 2 aromatic carbocycles. The zero-order valence-corrected chi connectivity index (χ0v) is 17.3. The van der Waals surface area contributed by atoms with Crippen LogP contribution >= 0.6 is 0 Å². The lowest BCUT2D eigenvalue weighted by molar-refractivity contribution is -0.385. The number of sulfonamides is 1. The van der Waals surface area contributed by atoms with Crippen LogP contribution in [0.1, 0.15) is 22.8 Å². The van der Waals surface area contributed by atoms with Crippen molar-refractivity contribution in [3.05, 3.63) is 63.7 Å². The summed E-state index contributed by atoms with van der Waals surface area (Å²) in [5.74, 6) is -1.52. The summed E-state index contributed by atoms with van der Waals surface area (Å²) < 4.78 is 37.0. The Balaban J connectivity index is 2.64. The molecule has 0 bridgehead atoms. The van der Waals surface area contributed by atoms with Crippen molar-refractivity contribution in [1.82, 2.24) is 0 Å². The van der Waals surface area contributed by atoms with E-state index in [2.05, 4.69) is 4.74 Å². The lowest BCUT2D eigenvalue weighted by Gasteiger charge is -2.24. The summed E-state index contributed by atoms with van der Waals surface area (Å²) in [6, 6.07) is 8.91. The molecule has 0 aliphatic carbocycles. The molecule has 160 valence electrons. The highest BCUT2D eigenvalue weighted by atomic mass is 32.2. The minimum atomic E-state index is -4.42. The molecule has 0 unspecified atom stereocenters. The van der Waals surface area contributed by atoms with Crippen LogP contribution in [-0.2, 0) is 24.3 Å². The number of methoxy groups -OCH3 is 1. The molecule has 10 nitrogen and oxygen atoms in total. The largest absolute Gasteiger partial charge is 0.468 e. The molecule has 30 heavy (non-hydrogen) atoms. The van der Waals surface area contributed by atoms with E-state index in [1.165, 1.54) is 43.3 Å². The predicted octanol–water partition coefficient (Wildman–Crippen LogP) is 2.45. The van der Waals surface area contributed by atoms with Crippen LogP contribution in [0.2, 0.25) is 0 Å². The zero-order valence-electron chi connectivity index (χ0n) is 16.5. The van der Waals surface area contributed by atoms with Gasteiger partial charge in [0.15, 0.2) is 0 Å². The van der Waals surface area contributed by atoms with Gasteiger partial charge in [-0.25, -0.2) is 13.2 Å². The number of nitro groups is 1. The Bertz CT molecular complexity index is 1080. The van der Waals surface area contributed by atoms with Crippen LogP contribution in [0.25, 0.3) is 0 Å². The van der Waals surface area contributed by atoms with Crippen molar-refractivity contribution in [2.24, 2.45) is 0 Å². The molecule has 2 rings (SSSR count). The number of nitrogens with zero attached hydrogens (tertiary/aromatic N) is 2. The van der Waals surface area contributed by atoms with Crippen LogP contribution in [0.4, 0.5) is 11.4 Å². The standard InChI is InChI=1S/C19H20N2O8S/c1-4-29-19(23)14-6-5-7-15(10-14)20(12-18(22)28-3)30(26,27)17-11-16(21(24)25)9-8-13(17)2/h5-11H,4,12H2,1-3H3. The molecule has 0 amide bonds. The number of carbonyl (C=O) groups is 2. The molecule has 0 saturated heterocycles. The number of anilines is 1.